The molecular weight excluding hydrogens is 400 g/mol. The Bertz CT molecular complexity index is 1350. The molecule has 1 N–H and O–H groups in total. The lowest BCUT2D eigenvalue weighted by atomic mass is 10.0. The van der Waals surface area contributed by atoms with Gasteiger partial charge in [-0.05, 0) is 34.9 Å². The van der Waals surface area contributed by atoms with Crippen molar-refractivity contribution < 1.29 is 9.53 Å². The van der Waals surface area contributed by atoms with E-state index in [1.165, 1.54) is 11.9 Å². The van der Waals surface area contributed by atoms with Gasteiger partial charge < -0.3 is 4.74 Å². The lowest BCUT2D eigenvalue weighted by Crippen LogP contribution is -2.32. The summed E-state index contributed by atoms with van der Waals surface area (Å²) in [7, 11) is 0. The van der Waals surface area contributed by atoms with E-state index in [1.54, 1.807) is 0 Å². The number of nitrogens with one attached hydrogen (secondary N) is 1. The summed E-state index contributed by atoms with van der Waals surface area (Å²) in [6, 6.07) is 26.1. The highest BCUT2D eigenvalue weighted by molar-refractivity contribution is 5.99. The maximum Gasteiger partial charge on any atom is 0.259 e. The molecule has 0 saturated carbocycles. The van der Waals surface area contributed by atoms with Crippen molar-refractivity contribution in [3.63, 3.8) is 0 Å². The molecule has 0 spiro atoms. The Morgan fingerprint density at radius 2 is 1.75 bits per heavy atom. The van der Waals surface area contributed by atoms with E-state index in [2.05, 4.69) is 33.5 Å². The number of nitrogens with zero attached hydrogens (tertiary/aromatic N) is 3. The molecule has 0 bridgehead atoms. The first-order chi connectivity index (χ1) is 15.6. The fraction of sp³-hybridized carbons (Fsp3) is 0.115. The Balaban J connectivity index is 1.46. The van der Waals surface area contributed by atoms with Crippen LogP contribution in [-0.2, 0) is 9.53 Å². The molecule has 0 fully saturated rings. The van der Waals surface area contributed by atoms with Gasteiger partial charge in [-0.25, -0.2) is 0 Å². The minimum absolute atomic E-state index is 0.195. The van der Waals surface area contributed by atoms with E-state index < -0.39 is 6.23 Å². The average Bonchev–Trinajstić information content (AvgIpc) is 3.47. The van der Waals surface area contributed by atoms with Crippen molar-refractivity contribution >= 4 is 28.7 Å². The maximum atomic E-state index is 12.2. The largest absolute Gasteiger partial charge is 0.445 e. The van der Waals surface area contributed by atoms with Gasteiger partial charge in [-0.2, -0.15) is 10.1 Å². The van der Waals surface area contributed by atoms with Crippen LogP contribution in [0.1, 0.15) is 25.1 Å². The third-order valence-electron chi connectivity index (χ3n) is 5.42. The Hall–Kier alpha value is -4.19. The molecule has 2 heterocycles. The number of hydrogen-bond donors (Lipinski definition) is 1. The second-order valence-corrected chi connectivity index (χ2v) is 7.73. The number of benzene rings is 3. The van der Waals surface area contributed by atoms with Gasteiger partial charge in [-0.3, -0.25) is 9.89 Å². The van der Waals surface area contributed by atoms with Crippen molar-refractivity contribution in [3.05, 3.63) is 95.7 Å². The van der Waals surface area contributed by atoms with Crippen LogP contribution in [0.2, 0.25) is 0 Å². The predicted molar refractivity (Wildman–Crippen MR) is 126 cm³/mol. The highest BCUT2D eigenvalue weighted by atomic mass is 16.5. The summed E-state index contributed by atoms with van der Waals surface area (Å²) >= 11 is 0. The first kappa shape index (κ1) is 19.8. The van der Waals surface area contributed by atoms with Crippen molar-refractivity contribution in [1.29, 1.82) is 0 Å². The van der Waals surface area contributed by atoms with Crippen LogP contribution in [0.15, 0.2) is 89.5 Å². The molecule has 0 unspecified atom stereocenters. The normalized spacial score (nSPS) is 16.2. The van der Waals surface area contributed by atoms with Gasteiger partial charge in [0.05, 0.1) is 5.69 Å². The third kappa shape index (κ3) is 3.67. The van der Waals surface area contributed by atoms with Crippen LogP contribution < -0.4 is 0 Å². The second-order valence-electron chi connectivity index (χ2n) is 7.73. The molecule has 5 rings (SSSR count). The monoisotopic (exact) mass is 422 g/mol. The second kappa shape index (κ2) is 8.15. The zero-order chi connectivity index (χ0) is 22.1. The zero-order valence-electron chi connectivity index (χ0n) is 17.8. The van der Waals surface area contributed by atoms with Gasteiger partial charge in [0.15, 0.2) is 0 Å². The Kier molecular flexibility index (Phi) is 5.03. The lowest BCUT2D eigenvalue weighted by Gasteiger charge is -2.19. The van der Waals surface area contributed by atoms with E-state index in [0.717, 1.165) is 33.2 Å². The van der Waals surface area contributed by atoms with Crippen LogP contribution in [0, 0.1) is 0 Å². The first-order valence-corrected chi connectivity index (χ1v) is 10.4. The molecular formula is C26H22N4O2. The number of H-pyrrole nitrogens is 1. The number of carbonyl (C=O) groups is 1. The van der Waals surface area contributed by atoms with E-state index in [-0.39, 0.29) is 5.91 Å². The van der Waals surface area contributed by atoms with Gasteiger partial charge in [0.25, 0.3) is 5.90 Å². The predicted octanol–water partition coefficient (Wildman–Crippen LogP) is 5.20. The fourth-order valence-electron chi connectivity index (χ4n) is 3.87. The Morgan fingerprint density at radius 3 is 2.56 bits per heavy atom. The molecule has 0 saturated heterocycles. The maximum absolute atomic E-state index is 12.2. The van der Waals surface area contributed by atoms with E-state index >= 15 is 0 Å². The van der Waals surface area contributed by atoms with Crippen molar-refractivity contribution in [2.75, 3.05) is 0 Å². The number of rotatable bonds is 4. The molecule has 1 aromatic heterocycles. The first-order valence-electron chi connectivity index (χ1n) is 10.4. The molecule has 3 aromatic carbocycles. The number of hydrazone groups is 1. The highest BCUT2D eigenvalue weighted by Crippen LogP contribution is 2.29. The quantitative estimate of drug-likeness (QED) is 0.491. The number of ether oxygens (including phenoxy) is 1. The summed E-state index contributed by atoms with van der Waals surface area (Å²) in [6.07, 6.45) is 1.39. The van der Waals surface area contributed by atoms with E-state index in [1.807, 2.05) is 73.7 Å². The number of hydrogen-bond acceptors (Lipinski definition) is 4. The van der Waals surface area contributed by atoms with Crippen LogP contribution in [0.5, 0.6) is 0 Å². The average molecular weight is 422 g/mol. The summed E-state index contributed by atoms with van der Waals surface area (Å²) in [5, 5.41) is 15.6. The summed E-state index contributed by atoms with van der Waals surface area (Å²) in [4.78, 5) is 12.2. The van der Waals surface area contributed by atoms with Crippen LogP contribution in [0.25, 0.3) is 28.1 Å². The number of aromatic nitrogens is 2. The van der Waals surface area contributed by atoms with Gasteiger partial charge in [0.1, 0.15) is 5.69 Å². The van der Waals surface area contributed by atoms with Crippen LogP contribution in [0.4, 0.5) is 0 Å². The molecule has 1 aliphatic rings. The van der Waals surface area contributed by atoms with E-state index in [0.29, 0.717) is 11.6 Å². The minimum Gasteiger partial charge on any atom is -0.445 e. The SMILES string of the molecule is CC(=O)N1N=C(c2cc(-c3cccc4ccccc34)n[nH]2)O[C@H]1/C(C)=C/c1ccccc1. The smallest absolute Gasteiger partial charge is 0.259 e. The molecule has 6 nitrogen and oxygen atoms in total. The Labute approximate surface area is 185 Å². The van der Waals surface area contributed by atoms with E-state index in [9.17, 15) is 4.79 Å². The van der Waals surface area contributed by atoms with Gasteiger partial charge in [-0.15, -0.1) is 5.10 Å². The number of aromatic amines is 1. The summed E-state index contributed by atoms with van der Waals surface area (Å²) in [5.41, 5.74) is 4.33. The van der Waals surface area contributed by atoms with Gasteiger partial charge in [0.2, 0.25) is 12.1 Å². The van der Waals surface area contributed by atoms with Gasteiger partial charge in [0, 0.05) is 12.5 Å². The third-order valence-corrected chi connectivity index (χ3v) is 5.42. The standard InChI is InChI=1S/C26H22N4O2/c1-17(15-19-9-4-3-5-10-19)26-30(18(2)31)29-25(32-26)24-16-23(27-28-24)22-14-8-12-20-11-6-7-13-21(20)22/h3-16,26H,1-2H3,(H,27,28)/b17-15+/t26-/m0/s1. The lowest BCUT2D eigenvalue weighted by molar-refractivity contribution is -0.133. The van der Waals surface area contributed by atoms with Gasteiger partial charge >= 0.3 is 0 Å². The summed E-state index contributed by atoms with van der Waals surface area (Å²) in [6.45, 7) is 3.41. The number of fused-ring (bicyclic) bond motifs is 1. The van der Waals surface area contributed by atoms with Crippen molar-refractivity contribution in [3.8, 4) is 11.3 Å². The van der Waals surface area contributed by atoms with Crippen LogP contribution in [-0.4, -0.2) is 33.2 Å². The minimum atomic E-state index is -0.605. The molecule has 1 amide bonds. The molecule has 0 aliphatic carbocycles. The fourth-order valence-corrected chi connectivity index (χ4v) is 3.87. The molecule has 0 radical (unpaired) electrons. The topological polar surface area (TPSA) is 70.6 Å². The summed E-state index contributed by atoms with van der Waals surface area (Å²) < 4.78 is 6.11. The summed E-state index contributed by atoms with van der Waals surface area (Å²) in [5.74, 6) is 0.143. The van der Waals surface area contributed by atoms with Gasteiger partial charge in [-0.1, -0.05) is 78.9 Å². The number of carbonyl (C=O) groups excluding carboxylic acids is 1. The zero-order valence-corrected chi connectivity index (χ0v) is 17.8. The molecule has 158 valence electrons. The molecule has 6 heteroatoms. The molecule has 1 aliphatic heterocycles. The van der Waals surface area contributed by atoms with E-state index in [4.69, 9.17) is 4.74 Å². The van der Waals surface area contributed by atoms with Crippen molar-refractivity contribution in [2.24, 2.45) is 5.10 Å². The molecule has 32 heavy (non-hydrogen) atoms. The molecule has 4 aromatic rings. The van der Waals surface area contributed by atoms with Crippen molar-refractivity contribution in [2.45, 2.75) is 20.1 Å². The highest BCUT2D eigenvalue weighted by Gasteiger charge is 2.33. The Morgan fingerprint density at radius 1 is 1.00 bits per heavy atom. The van der Waals surface area contributed by atoms with Crippen LogP contribution >= 0.6 is 0 Å². The van der Waals surface area contributed by atoms with Crippen LogP contribution in [0.3, 0.4) is 0 Å². The van der Waals surface area contributed by atoms with Crippen molar-refractivity contribution in [1.82, 2.24) is 15.2 Å². The number of amides is 1. The molecule has 1 atom stereocenters.